The number of piperidine rings is 1. The lowest BCUT2D eigenvalue weighted by Crippen LogP contribution is -2.41. The van der Waals surface area contributed by atoms with E-state index in [-0.39, 0.29) is 16.9 Å². The van der Waals surface area contributed by atoms with Gasteiger partial charge in [0.15, 0.2) is 0 Å². The maximum absolute atomic E-state index is 12.8. The smallest absolute Gasteiger partial charge is 0.335 e. The van der Waals surface area contributed by atoms with Crippen LogP contribution >= 0.6 is 15.9 Å². The molecule has 2 fully saturated rings. The second-order valence-electron chi connectivity index (χ2n) is 8.51. The predicted octanol–water partition coefficient (Wildman–Crippen LogP) is 4.57. The molecular formula is C24H27BrN2O4. The van der Waals surface area contributed by atoms with Gasteiger partial charge in [0.2, 0.25) is 5.91 Å². The van der Waals surface area contributed by atoms with Crippen LogP contribution in [-0.4, -0.2) is 48.1 Å². The van der Waals surface area contributed by atoms with Crippen LogP contribution in [-0.2, 0) is 11.3 Å². The van der Waals surface area contributed by atoms with Crippen molar-refractivity contribution in [3.05, 3.63) is 58.1 Å². The van der Waals surface area contributed by atoms with Gasteiger partial charge in [0.1, 0.15) is 5.75 Å². The summed E-state index contributed by atoms with van der Waals surface area (Å²) in [6, 6.07) is 12.8. The van der Waals surface area contributed by atoms with Crippen LogP contribution in [0.1, 0.15) is 42.1 Å². The van der Waals surface area contributed by atoms with Crippen LogP contribution in [0.4, 0.5) is 5.69 Å². The third-order valence-electron chi connectivity index (χ3n) is 6.31. The third-order valence-corrected chi connectivity index (χ3v) is 6.77. The summed E-state index contributed by atoms with van der Waals surface area (Å²) in [5.41, 5.74) is 2.24. The number of carboxylic acids is 1. The Labute approximate surface area is 190 Å². The number of carboxylic acid groups (broad SMARTS) is 1. The topological polar surface area (TPSA) is 70.1 Å². The summed E-state index contributed by atoms with van der Waals surface area (Å²) in [4.78, 5) is 28.1. The highest BCUT2D eigenvalue weighted by atomic mass is 79.9. The first-order chi connectivity index (χ1) is 14.9. The largest absolute Gasteiger partial charge is 0.494 e. The maximum Gasteiger partial charge on any atom is 0.335 e. The molecule has 2 aromatic rings. The van der Waals surface area contributed by atoms with Crippen molar-refractivity contribution in [3.8, 4) is 5.75 Å². The van der Waals surface area contributed by atoms with Crippen LogP contribution in [0.25, 0.3) is 0 Å². The molecule has 2 aromatic carbocycles. The highest BCUT2D eigenvalue weighted by Crippen LogP contribution is 2.43. The monoisotopic (exact) mass is 486 g/mol. The number of hydrogen-bond donors (Lipinski definition) is 1. The minimum Gasteiger partial charge on any atom is -0.494 e. The van der Waals surface area contributed by atoms with Crippen LogP contribution in [0.5, 0.6) is 5.75 Å². The summed E-state index contributed by atoms with van der Waals surface area (Å²) in [6.45, 7) is 6.11. The first-order valence-electron chi connectivity index (χ1n) is 10.7. The minimum absolute atomic E-state index is 0.00675. The molecule has 1 spiro atoms. The lowest BCUT2D eigenvalue weighted by molar-refractivity contribution is -0.118. The number of rotatable bonds is 6. The van der Waals surface area contributed by atoms with E-state index in [0.29, 0.717) is 19.6 Å². The van der Waals surface area contributed by atoms with Gasteiger partial charge in [0.05, 0.1) is 12.2 Å². The predicted molar refractivity (Wildman–Crippen MR) is 123 cm³/mol. The molecule has 1 N–H and O–H groups in total. The molecule has 6 nitrogen and oxygen atoms in total. The van der Waals surface area contributed by atoms with Crippen molar-refractivity contribution >= 4 is 33.5 Å². The van der Waals surface area contributed by atoms with E-state index in [1.54, 1.807) is 24.3 Å². The molecule has 0 radical (unpaired) electrons. The number of carbonyl (C=O) groups excluding carboxylic acids is 1. The normalized spacial score (nSPS) is 18.5. The van der Waals surface area contributed by atoms with Crippen molar-refractivity contribution in [2.75, 3.05) is 31.1 Å². The molecule has 4 rings (SSSR count). The zero-order valence-corrected chi connectivity index (χ0v) is 19.2. The van der Waals surface area contributed by atoms with E-state index < -0.39 is 5.97 Å². The molecule has 0 saturated carbocycles. The second kappa shape index (κ2) is 9.01. The molecule has 2 heterocycles. The lowest BCUT2D eigenvalue weighted by Gasteiger charge is -2.38. The van der Waals surface area contributed by atoms with E-state index in [9.17, 15) is 9.59 Å². The number of benzene rings is 2. The Hall–Kier alpha value is -2.38. The Morgan fingerprint density at radius 2 is 1.87 bits per heavy atom. The Kier molecular flexibility index (Phi) is 6.34. The number of likely N-dealkylation sites (tertiary alicyclic amines) is 1. The molecule has 0 aromatic heterocycles. The SMILES string of the molecule is CCOc1cc(Br)cc(CN2CCC3(CC2)CC(=O)N(c2ccc(C(=O)O)cc2)C3)c1. The molecule has 31 heavy (non-hydrogen) atoms. The number of halogens is 1. The lowest BCUT2D eigenvalue weighted by atomic mass is 9.77. The van der Waals surface area contributed by atoms with Gasteiger partial charge < -0.3 is 14.7 Å². The van der Waals surface area contributed by atoms with Gasteiger partial charge in [0, 0.05) is 29.7 Å². The van der Waals surface area contributed by atoms with Crippen LogP contribution < -0.4 is 9.64 Å². The number of anilines is 1. The Bertz CT molecular complexity index is 968. The van der Waals surface area contributed by atoms with E-state index >= 15 is 0 Å². The molecule has 0 bridgehead atoms. The molecule has 0 unspecified atom stereocenters. The molecular weight excluding hydrogens is 460 g/mol. The maximum atomic E-state index is 12.8. The zero-order chi connectivity index (χ0) is 22.0. The number of nitrogens with zero attached hydrogens (tertiary/aromatic N) is 2. The molecule has 2 saturated heterocycles. The van der Waals surface area contributed by atoms with Gasteiger partial charge in [-0.3, -0.25) is 9.69 Å². The van der Waals surface area contributed by atoms with Crippen LogP contribution in [0, 0.1) is 5.41 Å². The van der Waals surface area contributed by atoms with Crippen LogP contribution in [0.15, 0.2) is 46.9 Å². The minimum atomic E-state index is -0.957. The summed E-state index contributed by atoms with van der Waals surface area (Å²) >= 11 is 3.57. The number of aromatic carboxylic acids is 1. The number of amides is 1. The molecule has 7 heteroatoms. The number of hydrogen-bond acceptors (Lipinski definition) is 4. The van der Waals surface area contributed by atoms with E-state index in [1.807, 2.05) is 17.9 Å². The van der Waals surface area contributed by atoms with Gasteiger partial charge >= 0.3 is 5.97 Å². The zero-order valence-electron chi connectivity index (χ0n) is 17.6. The van der Waals surface area contributed by atoms with Crippen molar-refractivity contribution in [1.82, 2.24) is 4.90 Å². The summed E-state index contributed by atoms with van der Waals surface area (Å²) in [5, 5.41) is 9.08. The Balaban J connectivity index is 1.38. The standard InChI is InChI=1S/C24H27BrN2O4/c1-2-31-21-12-17(11-19(25)13-21)15-26-9-7-24(8-10-26)14-22(28)27(16-24)20-5-3-18(4-6-20)23(29)30/h3-6,11-13H,2,7-10,14-16H2,1H3,(H,29,30). The van der Waals surface area contributed by atoms with Crippen molar-refractivity contribution in [3.63, 3.8) is 0 Å². The van der Waals surface area contributed by atoms with E-state index in [1.165, 1.54) is 5.56 Å². The molecule has 0 atom stereocenters. The Morgan fingerprint density at radius 3 is 2.52 bits per heavy atom. The number of ether oxygens (including phenoxy) is 1. The van der Waals surface area contributed by atoms with Gasteiger partial charge in [-0.15, -0.1) is 0 Å². The van der Waals surface area contributed by atoms with E-state index in [2.05, 4.69) is 33.0 Å². The van der Waals surface area contributed by atoms with Crippen LogP contribution in [0.3, 0.4) is 0 Å². The average molecular weight is 487 g/mol. The highest BCUT2D eigenvalue weighted by Gasteiger charge is 2.45. The van der Waals surface area contributed by atoms with Crippen molar-refractivity contribution in [1.29, 1.82) is 0 Å². The summed E-state index contributed by atoms with van der Waals surface area (Å²) in [5.74, 6) is 0.0538. The quantitative estimate of drug-likeness (QED) is 0.647. The van der Waals surface area contributed by atoms with Crippen molar-refractivity contribution in [2.24, 2.45) is 5.41 Å². The molecule has 2 aliphatic rings. The fourth-order valence-corrected chi connectivity index (χ4v) is 5.18. The fourth-order valence-electron chi connectivity index (χ4n) is 4.66. The van der Waals surface area contributed by atoms with Gasteiger partial charge in [-0.1, -0.05) is 15.9 Å². The summed E-state index contributed by atoms with van der Waals surface area (Å²) in [7, 11) is 0. The summed E-state index contributed by atoms with van der Waals surface area (Å²) < 4.78 is 6.68. The van der Waals surface area contributed by atoms with Gasteiger partial charge in [-0.05, 0) is 86.3 Å². The number of carbonyl (C=O) groups is 2. The van der Waals surface area contributed by atoms with E-state index in [4.69, 9.17) is 9.84 Å². The van der Waals surface area contributed by atoms with Crippen molar-refractivity contribution < 1.29 is 19.4 Å². The Morgan fingerprint density at radius 1 is 1.16 bits per heavy atom. The van der Waals surface area contributed by atoms with Crippen molar-refractivity contribution in [2.45, 2.75) is 32.7 Å². The fraction of sp³-hybridized carbons (Fsp3) is 0.417. The molecule has 0 aliphatic carbocycles. The second-order valence-corrected chi connectivity index (χ2v) is 9.43. The average Bonchev–Trinajstić information content (AvgIpc) is 3.06. The summed E-state index contributed by atoms with van der Waals surface area (Å²) in [6.07, 6.45) is 2.52. The molecule has 1 amide bonds. The van der Waals surface area contributed by atoms with Crippen LogP contribution in [0.2, 0.25) is 0 Å². The molecule has 164 valence electrons. The third kappa shape index (κ3) is 4.93. The first kappa shape index (κ1) is 21.8. The van der Waals surface area contributed by atoms with E-state index in [0.717, 1.165) is 48.4 Å². The van der Waals surface area contributed by atoms with Gasteiger partial charge in [-0.2, -0.15) is 0 Å². The highest BCUT2D eigenvalue weighted by molar-refractivity contribution is 9.10. The first-order valence-corrected chi connectivity index (χ1v) is 11.5. The van der Waals surface area contributed by atoms with Gasteiger partial charge in [0.25, 0.3) is 0 Å². The van der Waals surface area contributed by atoms with Gasteiger partial charge in [-0.25, -0.2) is 4.79 Å². The molecule has 2 aliphatic heterocycles.